The molecule has 0 aromatic carbocycles. The van der Waals surface area contributed by atoms with E-state index in [-0.39, 0.29) is 12.2 Å². The Bertz CT molecular complexity index is 154. The molecular weight excluding hydrogens is 214 g/mol. The first kappa shape index (κ1) is 16.9. The van der Waals surface area contributed by atoms with Crippen LogP contribution in [0.5, 0.6) is 0 Å². The summed E-state index contributed by atoms with van der Waals surface area (Å²) in [5, 5.41) is 9.90. The Morgan fingerprint density at radius 1 is 1.06 bits per heavy atom. The first-order valence-corrected chi connectivity index (χ1v) is 7.12. The zero-order valence-electron chi connectivity index (χ0n) is 12.1. The van der Waals surface area contributed by atoms with E-state index in [2.05, 4.69) is 18.7 Å². The molecule has 0 heterocycles. The van der Waals surface area contributed by atoms with Crippen LogP contribution in [0.4, 0.5) is 0 Å². The van der Waals surface area contributed by atoms with Crippen LogP contribution in [0.15, 0.2) is 0 Å². The standard InChI is InChI=1S/C14H31NO2/c1-5-7-9-15(10-8-6-2)11-14(16)12-17-13(3)4/h13-14,16H,5-12H2,1-4H3/t14-/m1/s1. The van der Waals surface area contributed by atoms with E-state index < -0.39 is 0 Å². The normalized spacial score (nSPS) is 13.6. The summed E-state index contributed by atoms with van der Waals surface area (Å²) in [7, 11) is 0. The summed E-state index contributed by atoms with van der Waals surface area (Å²) in [5.74, 6) is 0. The lowest BCUT2D eigenvalue weighted by Gasteiger charge is -2.25. The summed E-state index contributed by atoms with van der Waals surface area (Å²) >= 11 is 0. The Hall–Kier alpha value is -0.120. The third kappa shape index (κ3) is 10.7. The van der Waals surface area contributed by atoms with Gasteiger partial charge in [0.15, 0.2) is 0 Å². The van der Waals surface area contributed by atoms with Crippen LogP contribution in [-0.4, -0.2) is 48.5 Å². The number of unbranched alkanes of at least 4 members (excludes halogenated alkanes) is 2. The highest BCUT2D eigenvalue weighted by Crippen LogP contribution is 2.02. The highest BCUT2D eigenvalue weighted by molar-refractivity contribution is 4.65. The van der Waals surface area contributed by atoms with Crippen LogP contribution >= 0.6 is 0 Å². The number of rotatable bonds is 11. The fourth-order valence-corrected chi connectivity index (χ4v) is 1.71. The van der Waals surface area contributed by atoms with Gasteiger partial charge in [0.2, 0.25) is 0 Å². The van der Waals surface area contributed by atoms with Crippen molar-refractivity contribution in [1.29, 1.82) is 0 Å². The van der Waals surface area contributed by atoms with Crippen LogP contribution in [0.25, 0.3) is 0 Å². The zero-order valence-corrected chi connectivity index (χ0v) is 12.1. The molecule has 17 heavy (non-hydrogen) atoms. The largest absolute Gasteiger partial charge is 0.389 e. The lowest BCUT2D eigenvalue weighted by molar-refractivity contribution is -0.00873. The van der Waals surface area contributed by atoms with Gasteiger partial charge in [0.1, 0.15) is 0 Å². The van der Waals surface area contributed by atoms with E-state index in [9.17, 15) is 5.11 Å². The average molecular weight is 245 g/mol. The van der Waals surface area contributed by atoms with Gasteiger partial charge in [-0.2, -0.15) is 0 Å². The molecule has 1 atom stereocenters. The van der Waals surface area contributed by atoms with Crippen molar-refractivity contribution in [3.8, 4) is 0 Å². The Kier molecular flexibility index (Phi) is 10.9. The van der Waals surface area contributed by atoms with Crippen molar-refractivity contribution in [2.45, 2.75) is 65.6 Å². The van der Waals surface area contributed by atoms with Crippen LogP contribution < -0.4 is 0 Å². The molecule has 0 aliphatic rings. The van der Waals surface area contributed by atoms with Crippen molar-refractivity contribution in [2.24, 2.45) is 0 Å². The maximum atomic E-state index is 9.90. The van der Waals surface area contributed by atoms with E-state index in [4.69, 9.17) is 4.74 Å². The first-order chi connectivity index (χ1) is 8.10. The lowest BCUT2D eigenvalue weighted by atomic mass is 10.2. The van der Waals surface area contributed by atoms with Gasteiger partial charge < -0.3 is 14.7 Å². The van der Waals surface area contributed by atoms with Gasteiger partial charge in [-0.3, -0.25) is 0 Å². The highest BCUT2D eigenvalue weighted by Gasteiger charge is 2.11. The van der Waals surface area contributed by atoms with Crippen LogP contribution in [-0.2, 0) is 4.74 Å². The van der Waals surface area contributed by atoms with Crippen molar-refractivity contribution in [1.82, 2.24) is 4.90 Å². The second-order valence-electron chi connectivity index (χ2n) is 5.04. The fourth-order valence-electron chi connectivity index (χ4n) is 1.71. The number of aliphatic hydroxyl groups excluding tert-OH is 1. The van der Waals surface area contributed by atoms with E-state index in [1.165, 1.54) is 25.7 Å². The highest BCUT2D eigenvalue weighted by atomic mass is 16.5. The molecular formula is C14H31NO2. The van der Waals surface area contributed by atoms with Crippen molar-refractivity contribution < 1.29 is 9.84 Å². The third-order valence-electron chi connectivity index (χ3n) is 2.75. The molecule has 0 aliphatic heterocycles. The molecule has 0 saturated heterocycles. The molecule has 0 unspecified atom stereocenters. The van der Waals surface area contributed by atoms with Crippen molar-refractivity contribution in [3.05, 3.63) is 0 Å². The quantitative estimate of drug-likeness (QED) is 0.607. The van der Waals surface area contributed by atoms with E-state index in [1.54, 1.807) is 0 Å². The number of ether oxygens (including phenoxy) is 1. The molecule has 0 aromatic rings. The topological polar surface area (TPSA) is 32.7 Å². The molecule has 0 amide bonds. The number of hydrogen-bond acceptors (Lipinski definition) is 3. The smallest absolute Gasteiger partial charge is 0.0900 e. The fraction of sp³-hybridized carbons (Fsp3) is 1.00. The zero-order chi connectivity index (χ0) is 13.1. The van der Waals surface area contributed by atoms with Gasteiger partial charge in [0, 0.05) is 6.54 Å². The summed E-state index contributed by atoms with van der Waals surface area (Å²) in [6.45, 7) is 11.8. The molecule has 0 radical (unpaired) electrons. The number of aliphatic hydroxyl groups is 1. The van der Waals surface area contributed by atoms with Gasteiger partial charge in [0.05, 0.1) is 18.8 Å². The molecule has 1 N–H and O–H groups in total. The van der Waals surface area contributed by atoms with E-state index in [0.717, 1.165) is 19.6 Å². The van der Waals surface area contributed by atoms with Crippen LogP contribution in [0.2, 0.25) is 0 Å². The first-order valence-electron chi connectivity index (χ1n) is 7.12. The summed E-state index contributed by atoms with van der Waals surface area (Å²) in [6, 6.07) is 0. The Balaban J connectivity index is 3.84. The van der Waals surface area contributed by atoms with Gasteiger partial charge >= 0.3 is 0 Å². The maximum Gasteiger partial charge on any atom is 0.0900 e. The number of nitrogens with zero attached hydrogens (tertiary/aromatic N) is 1. The average Bonchev–Trinajstić information content (AvgIpc) is 2.30. The van der Waals surface area contributed by atoms with Crippen molar-refractivity contribution in [2.75, 3.05) is 26.2 Å². The molecule has 3 heteroatoms. The molecule has 0 rings (SSSR count). The van der Waals surface area contributed by atoms with Gasteiger partial charge in [0.25, 0.3) is 0 Å². The molecule has 0 bridgehead atoms. The predicted molar refractivity (Wildman–Crippen MR) is 73.4 cm³/mol. The Labute approximate surface area is 107 Å². The lowest BCUT2D eigenvalue weighted by Crippen LogP contribution is -2.36. The minimum absolute atomic E-state index is 0.199. The summed E-state index contributed by atoms with van der Waals surface area (Å²) < 4.78 is 5.44. The van der Waals surface area contributed by atoms with Crippen LogP contribution in [0.3, 0.4) is 0 Å². The Morgan fingerprint density at radius 2 is 1.59 bits per heavy atom. The summed E-state index contributed by atoms with van der Waals surface area (Å²) in [4.78, 5) is 2.36. The number of hydrogen-bond donors (Lipinski definition) is 1. The SMILES string of the molecule is CCCCN(CCCC)C[C@@H](O)COC(C)C. The molecule has 104 valence electrons. The minimum atomic E-state index is -0.355. The molecule has 0 aliphatic carbocycles. The Morgan fingerprint density at radius 3 is 2.00 bits per heavy atom. The van der Waals surface area contributed by atoms with E-state index in [0.29, 0.717) is 6.61 Å². The van der Waals surface area contributed by atoms with Crippen LogP contribution in [0.1, 0.15) is 53.4 Å². The van der Waals surface area contributed by atoms with E-state index >= 15 is 0 Å². The molecule has 3 nitrogen and oxygen atoms in total. The molecule has 0 spiro atoms. The van der Waals surface area contributed by atoms with Gasteiger partial charge in [-0.25, -0.2) is 0 Å². The third-order valence-corrected chi connectivity index (χ3v) is 2.75. The molecule has 0 aromatic heterocycles. The van der Waals surface area contributed by atoms with Crippen molar-refractivity contribution in [3.63, 3.8) is 0 Å². The van der Waals surface area contributed by atoms with E-state index in [1.807, 2.05) is 13.8 Å². The van der Waals surface area contributed by atoms with Gasteiger partial charge in [-0.15, -0.1) is 0 Å². The summed E-state index contributed by atoms with van der Waals surface area (Å²) in [5.41, 5.74) is 0. The van der Waals surface area contributed by atoms with Crippen LogP contribution in [0, 0.1) is 0 Å². The van der Waals surface area contributed by atoms with Gasteiger partial charge in [-0.05, 0) is 39.8 Å². The second kappa shape index (κ2) is 11.0. The second-order valence-corrected chi connectivity index (χ2v) is 5.04. The minimum Gasteiger partial charge on any atom is -0.389 e. The maximum absolute atomic E-state index is 9.90. The molecule has 0 fully saturated rings. The van der Waals surface area contributed by atoms with Crippen molar-refractivity contribution >= 4 is 0 Å². The monoisotopic (exact) mass is 245 g/mol. The van der Waals surface area contributed by atoms with Gasteiger partial charge in [-0.1, -0.05) is 26.7 Å². The summed E-state index contributed by atoms with van der Waals surface area (Å²) in [6.07, 6.45) is 4.68. The predicted octanol–water partition coefficient (Wildman–Crippen LogP) is 2.67. The molecule has 0 saturated carbocycles.